The van der Waals surface area contributed by atoms with Crippen molar-refractivity contribution in [2.45, 2.75) is 12.8 Å². The van der Waals surface area contributed by atoms with Crippen LogP contribution in [-0.2, 0) is 12.8 Å². The number of hydrogen-bond acceptors (Lipinski definition) is 1. The molecule has 19 heavy (non-hydrogen) atoms. The van der Waals surface area contributed by atoms with Crippen LogP contribution in [0.4, 0.5) is 0 Å². The van der Waals surface area contributed by atoms with Crippen molar-refractivity contribution in [3.8, 4) is 0 Å². The molecule has 0 aliphatic rings. The summed E-state index contributed by atoms with van der Waals surface area (Å²) in [5.41, 5.74) is 2.49. The molecule has 0 atom stereocenters. The number of carbonyl (C=O) groups is 1. The Hall–Kier alpha value is -2.35. The highest BCUT2D eigenvalue weighted by Gasteiger charge is 2.08. The molecule has 0 saturated carbocycles. The molecule has 96 valence electrons. The standard InChI is InChI=1S/C17H16O2/c1-3-5-12-7-8-14-11-15(17(18)19)10-13(6-4-2)16(14)9-12/h3-4,7-11H,1-2,5-6H2,(H,18,19). The Kier molecular flexibility index (Phi) is 3.81. The number of allylic oxidation sites excluding steroid dienone is 2. The van der Waals surface area contributed by atoms with Gasteiger partial charge in [-0.2, -0.15) is 0 Å². The van der Waals surface area contributed by atoms with E-state index in [1.165, 1.54) is 5.56 Å². The largest absolute Gasteiger partial charge is 0.478 e. The van der Waals surface area contributed by atoms with E-state index < -0.39 is 5.97 Å². The van der Waals surface area contributed by atoms with E-state index in [9.17, 15) is 4.79 Å². The third-order valence-electron chi connectivity index (χ3n) is 3.10. The van der Waals surface area contributed by atoms with E-state index >= 15 is 0 Å². The van der Waals surface area contributed by atoms with Crippen molar-refractivity contribution < 1.29 is 9.90 Å². The molecule has 0 aliphatic heterocycles. The fraction of sp³-hybridized carbons (Fsp3) is 0.118. The normalized spacial score (nSPS) is 10.3. The molecule has 0 heterocycles. The van der Waals surface area contributed by atoms with Gasteiger partial charge in [-0.15, -0.1) is 13.2 Å². The molecule has 0 fully saturated rings. The molecule has 0 bridgehead atoms. The zero-order chi connectivity index (χ0) is 13.8. The van der Waals surface area contributed by atoms with Gasteiger partial charge < -0.3 is 5.11 Å². The SMILES string of the molecule is C=CCc1ccc2cc(C(=O)O)cc(CC=C)c2c1. The van der Waals surface area contributed by atoms with Gasteiger partial charge in [0.1, 0.15) is 0 Å². The Morgan fingerprint density at radius 2 is 1.84 bits per heavy atom. The third kappa shape index (κ3) is 2.74. The first-order chi connectivity index (χ1) is 9.15. The van der Waals surface area contributed by atoms with E-state index in [0.717, 1.165) is 22.8 Å². The van der Waals surface area contributed by atoms with Gasteiger partial charge in [-0.3, -0.25) is 0 Å². The Balaban J connectivity index is 2.67. The summed E-state index contributed by atoms with van der Waals surface area (Å²) in [7, 11) is 0. The number of benzene rings is 2. The molecule has 0 saturated heterocycles. The van der Waals surface area contributed by atoms with E-state index in [0.29, 0.717) is 12.0 Å². The molecule has 0 amide bonds. The molecular weight excluding hydrogens is 236 g/mol. The van der Waals surface area contributed by atoms with Crippen LogP contribution in [0.15, 0.2) is 55.6 Å². The number of carboxylic acids is 1. The van der Waals surface area contributed by atoms with E-state index in [1.807, 2.05) is 18.2 Å². The van der Waals surface area contributed by atoms with Gasteiger partial charge in [0, 0.05) is 0 Å². The lowest BCUT2D eigenvalue weighted by Crippen LogP contribution is -1.98. The predicted molar refractivity (Wildman–Crippen MR) is 78.7 cm³/mol. The summed E-state index contributed by atoms with van der Waals surface area (Å²) in [5.74, 6) is -0.901. The molecule has 2 heteroatoms. The Morgan fingerprint density at radius 3 is 2.47 bits per heavy atom. The maximum absolute atomic E-state index is 11.1. The van der Waals surface area contributed by atoms with Crippen LogP contribution in [0.2, 0.25) is 0 Å². The second kappa shape index (κ2) is 5.53. The number of aromatic carboxylic acids is 1. The van der Waals surface area contributed by atoms with Crippen LogP contribution in [0, 0.1) is 0 Å². The maximum Gasteiger partial charge on any atom is 0.335 e. The van der Waals surface area contributed by atoms with Gasteiger partial charge >= 0.3 is 5.97 Å². The maximum atomic E-state index is 11.1. The smallest absolute Gasteiger partial charge is 0.335 e. The number of fused-ring (bicyclic) bond motifs is 1. The lowest BCUT2D eigenvalue weighted by atomic mass is 9.96. The topological polar surface area (TPSA) is 37.3 Å². The molecular formula is C17H16O2. The van der Waals surface area contributed by atoms with Crippen molar-refractivity contribution in [2.75, 3.05) is 0 Å². The van der Waals surface area contributed by atoms with Crippen molar-refractivity contribution in [3.63, 3.8) is 0 Å². The van der Waals surface area contributed by atoms with Crippen LogP contribution in [0.25, 0.3) is 10.8 Å². The van der Waals surface area contributed by atoms with Crippen LogP contribution < -0.4 is 0 Å². The van der Waals surface area contributed by atoms with Gasteiger partial charge in [0.25, 0.3) is 0 Å². The molecule has 2 aromatic rings. The Labute approximate surface area is 112 Å². The summed E-state index contributed by atoms with van der Waals surface area (Å²) in [4.78, 5) is 11.1. The molecule has 2 aromatic carbocycles. The minimum absolute atomic E-state index is 0.320. The van der Waals surface area contributed by atoms with Gasteiger partial charge in [-0.25, -0.2) is 4.79 Å². The van der Waals surface area contributed by atoms with Crippen molar-refractivity contribution in [1.29, 1.82) is 0 Å². The molecule has 0 radical (unpaired) electrons. The highest BCUT2D eigenvalue weighted by Crippen LogP contribution is 2.24. The predicted octanol–water partition coefficient (Wildman–Crippen LogP) is 4.00. The van der Waals surface area contributed by atoms with E-state index in [1.54, 1.807) is 18.2 Å². The molecule has 0 aliphatic carbocycles. The Morgan fingerprint density at radius 1 is 1.11 bits per heavy atom. The number of rotatable bonds is 5. The van der Waals surface area contributed by atoms with E-state index in [-0.39, 0.29) is 0 Å². The van der Waals surface area contributed by atoms with Crippen LogP contribution in [-0.4, -0.2) is 11.1 Å². The van der Waals surface area contributed by atoms with Crippen LogP contribution >= 0.6 is 0 Å². The summed E-state index contributed by atoms with van der Waals surface area (Å²) >= 11 is 0. The highest BCUT2D eigenvalue weighted by molar-refractivity contribution is 5.96. The van der Waals surface area contributed by atoms with Crippen molar-refractivity contribution in [3.05, 3.63) is 72.3 Å². The lowest BCUT2D eigenvalue weighted by molar-refractivity contribution is 0.0697. The second-order valence-electron chi connectivity index (χ2n) is 4.48. The first-order valence-electron chi connectivity index (χ1n) is 6.16. The van der Waals surface area contributed by atoms with Gasteiger partial charge in [-0.05, 0) is 46.9 Å². The van der Waals surface area contributed by atoms with Crippen LogP contribution in [0.5, 0.6) is 0 Å². The minimum atomic E-state index is -0.901. The third-order valence-corrected chi connectivity index (χ3v) is 3.10. The molecule has 0 spiro atoms. The average molecular weight is 252 g/mol. The van der Waals surface area contributed by atoms with E-state index in [2.05, 4.69) is 19.2 Å². The average Bonchev–Trinajstić information content (AvgIpc) is 2.39. The summed E-state index contributed by atoms with van der Waals surface area (Å²) in [5, 5.41) is 11.2. The number of carboxylic acid groups (broad SMARTS) is 1. The van der Waals surface area contributed by atoms with Gasteiger partial charge in [0.05, 0.1) is 5.56 Å². The number of hydrogen-bond donors (Lipinski definition) is 1. The molecule has 0 aromatic heterocycles. The highest BCUT2D eigenvalue weighted by atomic mass is 16.4. The zero-order valence-electron chi connectivity index (χ0n) is 10.7. The summed E-state index contributed by atoms with van der Waals surface area (Å²) in [6.45, 7) is 7.47. The fourth-order valence-corrected chi connectivity index (χ4v) is 2.22. The molecule has 2 nitrogen and oxygen atoms in total. The first kappa shape index (κ1) is 13.1. The fourth-order valence-electron chi connectivity index (χ4n) is 2.22. The second-order valence-corrected chi connectivity index (χ2v) is 4.48. The monoisotopic (exact) mass is 252 g/mol. The zero-order valence-corrected chi connectivity index (χ0v) is 10.7. The van der Waals surface area contributed by atoms with E-state index in [4.69, 9.17) is 5.11 Å². The van der Waals surface area contributed by atoms with Crippen molar-refractivity contribution in [1.82, 2.24) is 0 Å². The molecule has 0 unspecified atom stereocenters. The van der Waals surface area contributed by atoms with Crippen molar-refractivity contribution in [2.24, 2.45) is 0 Å². The summed E-state index contributed by atoms with van der Waals surface area (Å²) in [6, 6.07) is 9.51. The summed E-state index contributed by atoms with van der Waals surface area (Å²) in [6.07, 6.45) is 5.12. The summed E-state index contributed by atoms with van der Waals surface area (Å²) < 4.78 is 0. The Bertz CT molecular complexity index is 654. The van der Waals surface area contributed by atoms with Gasteiger partial charge in [0.15, 0.2) is 0 Å². The lowest BCUT2D eigenvalue weighted by Gasteiger charge is -2.08. The van der Waals surface area contributed by atoms with Gasteiger partial charge in [0.2, 0.25) is 0 Å². The van der Waals surface area contributed by atoms with Crippen LogP contribution in [0.1, 0.15) is 21.5 Å². The van der Waals surface area contributed by atoms with Crippen molar-refractivity contribution >= 4 is 16.7 Å². The molecule has 1 N–H and O–H groups in total. The minimum Gasteiger partial charge on any atom is -0.478 e. The molecule has 2 rings (SSSR count). The first-order valence-corrected chi connectivity index (χ1v) is 6.16. The quantitative estimate of drug-likeness (QED) is 0.817. The van der Waals surface area contributed by atoms with Crippen LogP contribution in [0.3, 0.4) is 0 Å². The van der Waals surface area contributed by atoms with Gasteiger partial charge in [-0.1, -0.05) is 30.4 Å².